The van der Waals surface area contributed by atoms with Crippen molar-refractivity contribution in [3.8, 4) is 0 Å². The second-order valence-corrected chi connectivity index (χ2v) is 7.27. The summed E-state index contributed by atoms with van der Waals surface area (Å²) in [6.07, 6.45) is 1.98. The molecule has 1 heterocycles. The predicted octanol–water partition coefficient (Wildman–Crippen LogP) is 3.89. The summed E-state index contributed by atoms with van der Waals surface area (Å²) in [5.41, 5.74) is 1.02. The number of carbonyl (C=O) groups is 2. The quantitative estimate of drug-likeness (QED) is 0.760. The van der Waals surface area contributed by atoms with Crippen LogP contribution in [0.15, 0.2) is 34.1 Å². The number of rotatable bonds is 5. The molecule has 1 aromatic heterocycles. The highest BCUT2D eigenvalue weighted by Crippen LogP contribution is 2.30. The van der Waals surface area contributed by atoms with Gasteiger partial charge in [-0.25, -0.2) is 14.6 Å². The molecular formula is C16H16BrN3O3S. The van der Waals surface area contributed by atoms with Crippen LogP contribution in [0.3, 0.4) is 0 Å². The summed E-state index contributed by atoms with van der Waals surface area (Å²) in [7, 11) is 1.32. The lowest BCUT2D eigenvalue weighted by molar-refractivity contribution is 0.0594. The fraction of sp³-hybridized carbons (Fsp3) is 0.312. The number of nitrogens with one attached hydrogen (secondary N) is 1. The highest BCUT2D eigenvalue weighted by molar-refractivity contribution is 9.10. The number of aromatic nitrogens is 1. The Morgan fingerprint density at radius 1 is 1.38 bits per heavy atom. The first-order chi connectivity index (χ1) is 11.6. The number of nitrogens with zero attached hydrogens (tertiary/aromatic N) is 2. The molecule has 1 N–H and O–H groups in total. The molecule has 1 saturated carbocycles. The number of benzene rings is 1. The van der Waals surface area contributed by atoms with Gasteiger partial charge in [-0.2, -0.15) is 0 Å². The third-order valence-corrected chi connectivity index (χ3v) is 4.96. The van der Waals surface area contributed by atoms with E-state index < -0.39 is 5.97 Å². The van der Waals surface area contributed by atoms with E-state index in [1.54, 1.807) is 10.3 Å². The van der Waals surface area contributed by atoms with E-state index in [-0.39, 0.29) is 17.8 Å². The van der Waals surface area contributed by atoms with Crippen LogP contribution in [0.2, 0.25) is 0 Å². The van der Waals surface area contributed by atoms with Gasteiger partial charge in [0.05, 0.1) is 13.7 Å². The Morgan fingerprint density at radius 3 is 2.71 bits per heavy atom. The maximum atomic E-state index is 12.6. The number of methoxy groups -OCH3 is 1. The van der Waals surface area contributed by atoms with E-state index in [0.29, 0.717) is 11.6 Å². The van der Waals surface area contributed by atoms with Crippen molar-refractivity contribution in [3.05, 3.63) is 44.8 Å². The van der Waals surface area contributed by atoms with E-state index in [1.165, 1.54) is 18.4 Å². The summed E-state index contributed by atoms with van der Waals surface area (Å²) in [5.74, 6) is -0.463. The number of anilines is 1. The average Bonchev–Trinajstić information content (AvgIpc) is 3.31. The van der Waals surface area contributed by atoms with Crippen molar-refractivity contribution < 1.29 is 14.3 Å². The number of thiazole rings is 1. The van der Waals surface area contributed by atoms with Crippen LogP contribution in [-0.4, -0.2) is 35.0 Å². The molecular weight excluding hydrogens is 394 g/mol. The molecule has 2 amide bonds. The smallest absolute Gasteiger partial charge is 0.357 e. The monoisotopic (exact) mass is 409 g/mol. The number of hydrogen-bond acceptors (Lipinski definition) is 5. The molecule has 2 aromatic rings. The minimum absolute atomic E-state index is 0.158. The Labute approximate surface area is 152 Å². The van der Waals surface area contributed by atoms with Crippen molar-refractivity contribution in [3.63, 3.8) is 0 Å². The normalized spacial score (nSPS) is 13.4. The molecule has 6 nitrogen and oxygen atoms in total. The first-order valence-electron chi connectivity index (χ1n) is 7.42. The highest BCUT2D eigenvalue weighted by atomic mass is 79.9. The van der Waals surface area contributed by atoms with Crippen LogP contribution in [0.25, 0.3) is 0 Å². The number of carbonyl (C=O) groups excluding carboxylic acids is 2. The zero-order valence-electron chi connectivity index (χ0n) is 13.0. The Bertz CT molecular complexity index is 743. The third-order valence-electron chi connectivity index (χ3n) is 3.60. The Hall–Kier alpha value is -1.93. The molecule has 1 fully saturated rings. The van der Waals surface area contributed by atoms with Crippen molar-refractivity contribution in [2.75, 3.05) is 12.4 Å². The Balaban J connectivity index is 1.68. The van der Waals surface area contributed by atoms with Gasteiger partial charge in [0.1, 0.15) is 5.01 Å². The summed E-state index contributed by atoms with van der Waals surface area (Å²) in [4.78, 5) is 30.1. The van der Waals surface area contributed by atoms with E-state index in [4.69, 9.17) is 0 Å². The van der Waals surface area contributed by atoms with Crippen molar-refractivity contribution in [2.24, 2.45) is 0 Å². The molecule has 1 aromatic carbocycles. The SMILES string of the molecule is COC(=O)c1csc(CN(C(=O)Nc2ccc(Br)cc2)C2CC2)n1. The first-order valence-corrected chi connectivity index (χ1v) is 9.10. The molecule has 0 spiro atoms. The second kappa shape index (κ2) is 7.31. The molecule has 1 aliphatic carbocycles. The van der Waals surface area contributed by atoms with Crippen LogP contribution >= 0.6 is 27.3 Å². The van der Waals surface area contributed by atoms with E-state index in [0.717, 1.165) is 23.0 Å². The molecule has 0 bridgehead atoms. The second-order valence-electron chi connectivity index (χ2n) is 5.41. The summed E-state index contributed by atoms with van der Waals surface area (Å²) in [6.45, 7) is 0.384. The molecule has 0 atom stereocenters. The van der Waals surface area contributed by atoms with Gasteiger partial charge >= 0.3 is 12.0 Å². The van der Waals surface area contributed by atoms with E-state index in [2.05, 4.69) is 31.0 Å². The lowest BCUT2D eigenvalue weighted by atomic mass is 10.3. The molecule has 8 heteroatoms. The minimum atomic E-state index is -0.463. The fourth-order valence-corrected chi connectivity index (χ4v) is 3.23. The first kappa shape index (κ1) is 16.9. The maximum Gasteiger partial charge on any atom is 0.357 e. The standard InChI is InChI=1S/C16H16BrN3O3S/c1-23-15(21)13-9-24-14(19-13)8-20(12-6-7-12)16(22)18-11-4-2-10(17)3-5-11/h2-5,9,12H,6-8H2,1H3,(H,18,22). The van der Waals surface area contributed by atoms with E-state index in [1.807, 2.05) is 24.3 Å². The van der Waals surface area contributed by atoms with Crippen LogP contribution in [0, 0.1) is 0 Å². The molecule has 0 radical (unpaired) electrons. The number of halogens is 1. The van der Waals surface area contributed by atoms with Gasteiger partial charge in [0.15, 0.2) is 5.69 Å². The average molecular weight is 410 g/mol. The van der Waals surface area contributed by atoms with Crippen LogP contribution in [0.4, 0.5) is 10.5 Å². The van der Waals surface area contributed by atoms with Crippen molar-refractivity contribution >= 4 is 45.0 Å². The van der Waals surface area contributed by atoms with Gasteiger partial charge in [-0.3, -0.25) is 0 Å². The summed E-state index contributed by atoms with van der Waals surface area (Å²) < 4.78 is 5.62. The van der Waals surface area contributed by atoms with Gasteiger partial charge in [-0.1, -0.05) is 15.9 Å². The lowest BCUT2D eigenvalue weighted by Gasteiger charge is -2.21. The molecule has 126 valence electrons. The van der Waals surface area contributed by atoms with E-state index in [9.17, 15) is 9.59 Å². The minimum Gasteiger partial charge on any atom is -0.464 e. The van der Waals surface area contributed by atoms with Gasteiger partial charge in [0.2, 0.25) is 0 Å². The summed E-state index contributed by atoms with van der Waals surface area (Å²) in [6, 6.07) is 7.50. The zero-order chi connectivity index (χ0) is 17.1. The number of amides is 2. The Kier molecular flexibility index (Phi) is 5.15. The number of urea groups is 1. The zero-order valence-corrected chi connectivity index (χ0v) is 15.4. The molecule has 0 unspecified atom stereocenters. The van der Waals surface area contributed by atoms with Crippen LogP contribution < -0.4 is 5.32 Å². The largest absolute Gasteiger partial charge is 0.464 e. The molecule has 0 aliphatic heterocycles. The van der Waals surface area contributed by atoms with Gasteiger partial charge in [0.25, 0.3) is 0 Å². The third kappa shape index (κ3) is 4.12. The van der Waals surface area contributed by atoms with Crippen LogP contribution in [0.5, 0.6) is 0 Å². The van der Waals surface area contributed by atoms with Gasteiger partial charge < -0.3 is 15.0 Å². The Morgan fingerprint density at radius 2 is 2.08 bits per heavy atom. The van der Waals surface area contributed by atoms with Crippen molar-refractivity contribution in [1.29, 1.82) is 0 Å². The molecule has 1 aliphatic rings. The van der Waals surface area contributed by atoms with Crippen molar-refractivity contribution in [1.82, 2.24) is 9.88 Å². The molecule has 24 heavy (non-hydrogen) atoms. The number of esters is 1. The summed E-state index contributed by atoms with van der Waals surface area (Å²) >= 11 is 4.72. The van der Waals surface area contributed by atoms with E-state index >= 15 is 0 Å². The predicted molar refractivity (Wildman–Crippen MR) is 95.2 cm³/mol. The van der Waals surface area contributed by atoms with Crippen LogP contribution in [-0.2, 0) is 11.3 Å². The van der Waals surface area contributed by atoms with Gasteiger partial charge in [-0.15, -0.1) is 11.3 Å². The maximum absolute atomic E-state index is 12.6. The lowest BCUT2D eigenvalue weighted by Crippen LogP contribution is -2.36. The van der Waals surface area contributed by atoms with Crippen LogP contribution in [0.1, 0.15) is 28.3 Å². The summed E-state index contributed by atoms with van der Waals surface area (Å²) in [5, 5.41) is 5.27. The molecule has 0 saturated heterocycles. The fourth-order valence-electron chi connectivity index (χ4n) is 2.21. The van der Waals surface area contributed by atoms with Crippen molar-refractivity contribution in [2.45, 2.75) is 25.4 Å². The topological polar surface area (TPSA) is 71.5 Å². The van der Waals surface area contributed by atoms with Gasteiger partial charge in [-0.05, 0) is 37.1 Å². The molecule has 3 rings (SSSR count). The van der Waals surface area contributed by atoms with Gasteiger partial charge in [0, 0.05) is 21.6 Å². The number of hydrogen-bond donors (Lipinski definition) is 1. The highest BCUT2D eigenvalue weighted by Gasteiger charge is 2.33. The number of ether oxygens (including phenoxy) is 1.